The SMILES string of the molecule is CCc1ccccc1-c1ccc(-c2cccc(-c3cccc(N(c4cccc(-c5cccc(-c6ccc7c(c6)C(C)(C)c6ccccc6-7)c5)c4)c4ccccc4-c4ccccc4)c3)c2)cc1CC. The van der Waals surface area contributed by atoms with Gasteiger partial charge in [-0.2, -0.15) is 0 Å². The van der Waals surface area contributed by atoms with Crippen molar-refractivity contribution in [3.05, 3.63) is 259 Å². The highest BCUT2D eigenvalue weighted by atomic mass is 15.1. The number of anilines is 3. The van der Waals surface area contributed by atoms with Gasteiger partial charge < -0.3 is 4.90 Å². The Labute approximate surface area is 402 Å². The molecule has 1 aliphatic rings. The molecule has 0 heterocycles. The zero-order valence-corrected chi connectivity index (χ0v) is 39.4. The molecule has 0 fully saturated rings. The van der Waals surface area contributed by atoms with E-state index in [0.29, 0.717) is 0 Å². The van der Waals surface area contributed by atoms with Crippen LogP contribution in [0.15, 0.2) is 237 Å². The molecule has 0 unspecified atom stereocenters. The quantitative estimate of drug-likeness (QED) is 0.125. The predicted octanol–water partition coefficient (Wildman–Crippen LogP) is 18.6. The highest BCUT2D eigenvalue weighted by molar-refractivity contribution is 5.91. The van der Waals surface area contributed by atoms with E-state index in [1.807, 2.05) is 0 Å². The van der Waals surface area contributed by atoms with Crippen molar-refractivity contribution in [2.24, 2.45) is 0 Å². The second kappa shape index (κ2) is 18.0. The molecule has 0 atom stereocenters. The van der Waals surface area contributed by atoms with Crippen LogP contribution in [0.4, 0.5) is 17.1 Å². The summed E-state index contributed by atoms with van der Waals surface area (Å²) in [5.74, 6) is 0. The van der Waals surface area contributed by atoms with Gasteiger partial charge in [-0.05, 0) is 156 Å². The minimum atomic E-state index is -0.0553. The van der Waals surface area contributed by atoms with Gasteiger partial charge in [-0.25, -0.2) is 0 Å². The lowest BCUT2D eigenvalue weighted by Crippen LogP contribution is -2.14. The van der Waals surface area contributed by atoms with Crippen molar-refractivity contribution in [3.8, 4) is 77.9 Å². The van der Waals surface area contributed by atoms with Gasteiger partial charge in [-0.3, -0.25) is 0 Å². The first-order chi connectivity index (χ1) is 33.4. The highest BCUT2D eigenvalue weighted by Crippen LogP contribution is 2.50. The van der Waals surface area contributed by atoms with Gasteiger partial charge in [0.05, 0.1) is 5.69 Å². The van der Waals surface area contributed by atoms with Gasteiger partial charge >= 0.3 is 0 Å². The number of rotatable bonds is 11. The molecule has 11 rings (SSSR count). The molecule has 0 saturated heterocycles. The predicted molar refractivity (Wildman–Crippen MR) is 290 cm³/mol. The summed E-state index contributed by atoms with van der Waals surface area (Å²) in [4.78, 5) is 2.43. The third-order valence-corrected chi connectivity index (χ3v) is 14.3. The standard InChI is InChI=1S/C67H55N/c1-5-46-20-10-11-31-59(46)60-38-36-55(40-47(60)6-2)51-25-16-23-49(41-51)53-27-18-29-57(43-53)68(66-35-15-13-32-61(66)48-21-8-7-9-22-48)58-30-19-28-54(44-58)50-24-17-26-52(42-50)56-37-39-63-62-33-12-14-34-64(62)67(3,4)65(63)45-56/h7-45H,5-6H2,1-4H3. The molecular weight excluding hydrogens is 819 g/mol. The van der Waals surface area contributed by atoms with Gasteiger partial charge in [0.25, 0.3) is 0 Å². The summed E-state index contributed by atoms with van der Waals surface area (Å²) < 4.78 is 0. The van der Waals surface area contributed by atoms with E-state index in [9.17, 15) is 0 Å². The Morgan fingerprint density at radius 3 is 1.34 bits per heavy atom. The molecule has 0 N–H and O–H groups in total. The van der Waals surface area contributed by atoms with Crippen LogP contribution in [-0.2, 0) is 18.3 Å². The monoisotopic (exact) mass is 873 g/mol. The maximum atomic E-state index is 2.43. The van der Waals surface area contributed by atoms with E-state index in [-0.39, 0.29) is 5.41 Å². The van der Waals surface area contributed by atoms with Crippen molar-refractivity contribution in [2.75, 3.05) is 4.90 Å². The Morgan fingerprint density at radius 1 is 0.294 bits per heavy atom. The van der Waals surface area contributed by atoms with E-state index in [1.54, 1.807) is 0 Å². The summed E-state index contributed by atoms with van der Waals surface area (Å²) in [7, 11) is 0. The fraction of sp³-hybridized carbons (Fsp3) is 0.104. The Bertz CT molecular complexity index is 3460. The molecule has 0 amide bonds. The fourth-order valence-corrected chi connectivity index (χ4v) is 10.7. The van der Waals surface area contributed by atoms with Crippen molar-refractivity contribution < 1.29 is 0 Å². The van der Waals surface area contributed by atoms with Crippen LogP contribution in [0.5, 0.6) is 0 Å². The van der Waals surface area contributed by atoms with Crippen molar-refractivity contribution in [1.82, 2.24) is 0 Å². The van der Waals surface area contributed by atoms with Gasteiger partial charge in [0.15, 0.2) is 0 Å². The zero-order valence-electron chi connectivity index (χ0n) is 39.4. The van der Waals surface area contributed by atoms with E-state index in [1.165, 1.54) is 100 Å². The van der Waals surface area contributed by atoms with Crippen LogP contribution in [0, 0.1) is 0 Å². The molecule has 0 bridgehead atoms. The topological polar surface area (TPSA) is 3.24 Å². The molecule has 0 saturated carbocycles. The Hall–Kier alpha value is -8.00. The second-order valence-electron chi connectivity index (χ2n) is 18.6. The van der Waals surface area contributed by atoms with Crippen LogP contribution in [-0.4, -0.2) is 0 Å². The van der Waals surface area contributed by atoms with Gasteiger partial charge in [0, 0.05) is 22.4 Å². The number of fused-ring (bicyclic) bond motifs is 3. The molecule has 68 heavy (non-hydrogen) atoms. The molecular formula is C67H55N. The Balaban J connectivity index is 0.978. The van der Waals surface area contributed by atoms with Crippen molar-refractivity contribution in [1.29, 1.82) is 0 Å². The number of para-hydroxylation sites is 1. The van der Waals surface area contributed by atoms with Crippen molar-refractivity contribution in [3.63, 3.8) is 0 Å². The molecule has 0 aromatic heterocycles. The molecule has 0 aliphatic heterocycles. The first-order valence-electron chi connectivity index (χ1n) is 24.2. The normalized spacial score (nSPS) is 12.4. The van der Waals surface area contributed by atoms with Gasteiger partial charge in [-0.15, -0.1) is 0 Å². The maximum Gasteiger partial charge on any atom is 0.0540 e. The lowest BCUT2D eigenvalue weighted by atomic mass is 9.81. The smallest absolute Gasteiger partial charge is 0.0540 e. The van der Waals surface area contributed by atoms with Crippen LogP contribution in [0.1, 0.15) is 49.9 Å². The fourth-order valence-electron chi connectivity index (χ4n) is 10.7. The molecule has 1 aliphatic carbocycles. The van der Waals surface area contributed by atoms with Crippen LogP contribution in [0.25, 0.3) is 77.9 Å². The summed E-state index contributed by atoms with van der Waals surface area (Å²) in [5.41, 5.74) is 26.1. The maximum absolute atomic E-state index is 2.43. The molecule has 10 aromatic rings. The number of aryl methyl sites for hydroxylation is 2. The van der Waals surface area contributed by atoms with Crippen LogP contribution in [0.2, 0.25) is 0 Å². The average molecular weight is 874 g/mol. The van der Waals surface area contributed by atoms with Crippen LogP contribution >= 0.6 is 0 Å². The summed E-state index contributed by atoms with van der Waals surface area (Å²) in [6, 6.07) is 87.5. The van der Waals surface area contributed by atoms with Crippen LogP contribution < -0.4 is 4.90 Å². The van der Waals surface area contributed by atoms with Gasteiger partial charge in [0.2, 0.25) is 0 Å². The van der Waals surface area contributed by atoms with Gasteiger partial charge in [0.1, 0.15) is 0 Å². The van der Waals surface area contributed by atoms with E-state index < -0.39 is 0 Å². The zero-order chi connectivity index (χ0) is 46.2. The lowest BCUT2D eigenvalue weighted by molar-refractivity contribution is 0.660. The molecule has 0 radical (unpaired) electrons. The first kappa shape index (κ1) is 42.6. The summed E-state index contributed by atoms with van der Waals surface area (Å²) in [6.45, 7) is 9.22. The van der Waals surface area contributed by atoms with Gasteiger partial charge in [-0.1, -0.05) is 216 Å². The number of hydrogen-bond acceptors (Lipinski definition) is 1. The number of nitrogens with zero attached hydrogens (tertiary/aromatic N) is 1. The van der Waals surface area contributed by atoms with Crippen molar-refractivity contribution >= 4 is 17.1 Å². The van der Waals surface area contributed by atoms with E-state index in [4.69, 9.17) is 0 Å². The third kappa shape index (κ3) is 7.84. The third-order valence-electron chi connectivity index (χ3n) is 14.3. The largest absolute Gasteiger partial charge is 0.310 e. The Morgan fingerprint density at radius 2 is 0.721 bits per heavy atom. The van der Waals surface area contributed by atoms with Crippen molar-refractivity contribution in [2.45, 2.75) is 46.0 Å². The molecule has 0 spiro atoms. The minimum Gasteiger partial charge on any atom is -0.310 e. The molecule has 10 aromatic carbocycles. The summed E-state index contributed by atoms with van der Waals surface area (Å²) >= 11 is 0. The summed E-state index contributed by atoms with van der Waals surface area (Å²) in [5, 5.41) is 0. The molecule has 1 heteroatoms. The van der Waals surface area contributed by atoms with E-state index in [2.05, 4.69) is 269 Å². The molecule has 328 valence electrons. The molecule has 1 nitrogen and oxygen atoms in total. The van der Waals surface area contributed by atoms with E-state index >= 15 is 0 Å². The number of benzene rings is 10. The number of hydrogen-bond donors (Lipinski definition) is 0. The minimum absolute atomic E-state index is 0.0553. The first-order valence-corrected chi connectivity index (χ1v) is 24.2. The summed E-state index contributed by atoms with van der Waals surface area (Å²) in [6.07, 6.45) is 1.99. The van der Waals surface area contributed by atoms with Crippen LogP contribution in [0.3, 0.4) is 0 Å². The second-order valence-corrected chi connectivity index (χ2v) is 18.6. The Kier molecular flexibility index (Phi) is 11.3. The van der Waals surface area contributed by atoms with E-state index in [0.717, 1.165) is 29.9 Å². The highest BCUT2D eigenvalue weighted by Gasteiger charge is 2.35. The average Bonchev–Trinajstić information content (AvgIpc) is 3.64. The lowest BCUT2D eigenvalue weighted by Gasteiger charge is -2.29.